The fourth-order valence-electron chi connectivity index (χ4n) is 1.73. The summed E-state index contributed by atoms with van der Waals surface area (Å²) in [5, 5.41) is 3.22. The number of hydrogen-bond acceptors (Lipinski definition) is 5. The lowest BCUT2D eigenvalue weighted by atomic mass is 10.2. The lowest BCUT2D eigenvalue weighted by molar-refractivity contribution is 0.107. The quantitative estimate of drug-likeness (QED) is 0.883. The molecule has 1 aromatic rings. The van der Waals surface area contributed by atoms with Crippen molar-refractivity contribution in [3.8, 4) is 0 Å². The molecule has 1 unspecified atom stereocenters. The summed E-state index contributed by atoms with van der Waals surface area (Å²) in [5.74, 6) is 1.02. The number of nitrogens with one attached hydrogen (secondary N) is 1. The number of nitrogen functional groups attached to an aromatic ring is 1. The Labute approximate surface area is 103 Å². The van der Waals surface area contributed by atoms with Crippen molar-refractivity contribution >= 4 is 27.7 Å². The lowest BCUT2D eigenvalue weighted by Gasteiger charge is -2.11. The molecule has 1 fully saturated rings. The third-order valence-corrected chi connectivity index (χ3v) is 3.13. The zero-order valence-electron chi connectivity index (χ0n) is 8.95. The van der Waals surface area contributed by atoms with E-state index in [9.17, 15) is 0 Å². The van der Waals surface area contributed by atoms with Gasteiger partial charge in [0.05, 0.1) is 10.6 Å². The molecule has 1 atom stereocenters. The predicted octanol–water partition coefficient (Wildman–Crippen LogP) is 1.80. The van der Waals surface area contributed by atoms with Crippen molar-refractivity contribution in [1.29, 1.82) is 0 Å². The van der Waals surface area contributed by atoms with E-state index in [1.807, 2.05) is 0 Å². The number of nitrogens with two attached hydrogens (primary N) is 1. The van der Waals surface area contributed by atoms with Gasteiger partial charge in [-0.25, -0.2) is 4.98 Å². The van der Waals surface area contributed by atoms with Crippen molar-refractivity contribution in [3.05, 3.63) is 10.7 Å². The molecule has 0 amide bonds. The van der Waals surface area contributed by atoms with E-state index in [0.717, 1.165) is 36.3 Å². The highest BCUT2D eigenvalue weighted by Gasteiger charge is 2.14. The van der Waals surface area contributed by atoms with E-state index in [1.165, 1.54) is 6.42 Å². The minimum Gasteiger partial charge on any atom is -0.378 e. The van der Waals surface area contributed by atoms with Crippen LogP contribution >= 0.6 is 15.9 Å². The molecule has 6 heteroatoms. The molecular weight excluding hydrogens is 272 g/mol. The topological polar surface area (TPSA) is 73.1 Å². The van der Waals surface area contributed by atoms with Gasteiger partial charge in [-0.2, -0.15) is 4.98 Å². The Balaban J connectivity index is 1.82. The Morgan fingerprint density at radius 1 is 1.62 bits per heavy atom. The number of hydrogen-bond donors (Lipinski definition) is 2. The van der Waals surface area contributed by atoms with Crippen LogP contribution < -0.4 is 11.1 Å². The Hall–Kier alpha value is -0.880. The molecule has 5 nitrogen and oxygen atoms in total. The second-order valence-corrected chi connectivity index (χ2v) is 4.63. The van der Waals surface area contributed by atoms with Crippen LogP contribution in [0, 0.1) is 0 Å². The largest absolute Gasteiger partial charge is 0.378 e. The number of nitrogens with zero attached hydrogens (tertiary/aromatic N) is 2. The molecular formula is C10H15BrN4O. The smallest absolute Gasteiger partial charge is 0.221 e. The second-order valence-electron chi connectivity index (χ2n) is 3.78. The highest BCUT2D eigenvalue weighted by molar-refractivity contribution is 9.10. The van der Waals surface area contributed by atoms with Gasteiger partial charge in [0.1, 0.15) is 5.82 Å². The second kappa shape index (κ2) is 5.45. The van der Waals surface area contributed by atoms with Crippen LogP contribution in [-0.4, -0.2) is 29.2 Å². The van der Waals surface area contributed by atoms with E-state index in [4.69, 9.17) is 10.5 Å². The van der Waals surface area contributed by atoms with Crippen LogP contribution in [0.1, 0.15) is 19.3 Å². The van der Waals surface area contributed by atoms with E-state index >= 15 is 0 Å². The van der Waals surface area contributed by atoms with Gasteiger partial charge in [-0.05, 0) is 35.2 Å². The summed E-state index contributed by atoms with van der Waals surface area (Å²) < 4.78 is 6.36. The van der Waals surface area contributed by atoms with Crippen LogP contribution in [0.25, 0.3) is 0 Å². The summed E-state index contributed by atoms with van der Waals surface area (Å²) in [4.78, 5) is 7.98. The molecule has 16 heavy (non-hydrogen) atoms. The van der Waals surface area contributed by atoms with Gasteiger partial charge in [0.2, 0.25) is 5.95 Å². The van der Waals surface area contributed by atoms with Crippen LogP contribution in [0.15, 0.2) is 10.7 Å². The number of aromatic nitrogens is 2. The molecule has 1 saturated heterocycles. The van der Waals surface area contributed by atoms with E-state index < -0.39 is 0 Å². The third kappa shape index (κ3) is 3.05. The SMILES string of the molecule is Nc1ncc(Br)c(NCCC2CCCO2)n1. The van der Waals surface area contributed by atoms with Crippen molar-refractivity contribution in [2.75, 3.05) is 24.2 Å². The molecule has 1 aliphatic rings. The maximum atomic E-state index is 5.54. The molecule has 1 aliphatic heterocycles. The van der Waals surface area contributed by atoms with Crippen molar-refractivity contribution in [1.82, 2.24) is 9.97 Å². The van der Waals surface area contributed by atoms with Crippen LogP contribution in [0.3, 0.4) is 0 Å². The van der Waals surface area contributed by atoms with Gasteiger partial charge < -0.3 is 15.8 Å². The van der Waals surface area contributed by atoms with Crippen molar-refractivity contribution in [3.63, 3.8) is 0 Å². The highest BCUT2D eigenvalue weighted by Crippen LogP contribution is 2.20. The van der Waals surface area contributed by atoms with Crippen LogP contribution in [-0.2, 0) is 4.74 Å². The third-order valence-electron chi connectivity index (χ3n) is 2.55. The molecule has 2 rings (SSSR count). The van der Waals surface area contributed by atoms with Crippen LogP contribution in [0.4, 0.5) is 11.8 Å². The highest BCUT2D eigenvalue weighted by atomic mass is 79.9. The fourth-order valence-corrected chi connectivity index (χ4v) is 2.06. The van der Waals surface area contributed by atoms with Gasteiger partial charge in [-0.15, -0.1) is 0 Å². The summed E-state index contributed by atoms with van der Waals surface area (Å²) in [6.07, 6.45) is 5.38. The molecule has 0 bridgehead atoms. The summed E-state index contributed by atoms with van der Waals surface area (Å²) in [6.45, 7) is 1.73. The Morgan fingerprint density at radius 2 is 2.50 bits per heavy atom. The van der Waals surface area contributed by atoms with E-state index in [0.29, 0.717) is 6.10 Å². The average Bonchev–Trinajstić information content (AvgIpc) is 2.76. The Kier molecular flexibility index (Phi) is 3.95. The molecule has 88 valence electrons. The van der Waals surface area contributed by atoms with Crippen LogP contribution in [0.5, 0.6) is 0 Å². The van der Waals surface area contributed by atoms with Gasteiger partial charge in [0.15, 0.2) is 0 Å². The fraction of sp³-hybridized carbons (Fsp3) is 0.600. The standard InChI is InChI=1S/C10H15BrN4O/c11-8-6-14-10(12)15-9(8)13-4-3-7-2-1-5-16-7/h6-7H,1-5H2,(H3,12,13,14,15). The van der Waals surface area contributed by atoms with Gasteiger partial charge in [-0.1, -0.05) is 0 Å². The summed E-state index contributed by atoms with van der Waals surface area (Å²) >= 11 is 3.37. The molecule has 1 aromatic heterocycles. The maximum absolute atomic E-state index is 5.54. The Bertz CT molecular complexity index is 355. The number of ether oxygens (including phenoxy) is 1. The molecule has 0 aliphatic carbocycles. The molecule has 0 aromatic carbocycles. The zero-order valence-corrected chi connectivity index (χ0v) is 10.5. The van der Waals surface area contributed by atoms with Gasteiger partial charge >= 0.3 is 0 Å². The molecule has 0 saturated carbocycles. The first-order valence-electron chi connectivity index (χ1n) is 5.39. The first kappa shape index (κ1) is 11.6. The zero-order chi connectivity index (χ0) is 11.4. The number of halogens is 1. The van der Waals surface area contributed by atoms with Crippen molar-refractivity contribution in [2.24, 2.45) is 0 Å². The molecule has 0 radical (unpaired) electrons. The van der Waals surface area contributed by atoms with Crippen molar-refractivity contribution < 1.29 is 4.74 Å². The molecule has 3 N–H and O–H groups in total. The van der Waals surface area contributed by atoms with E-state index in [2.05, 4.69) is 31.2 Å². The van der Waals surface area contributed by atoms with Crippen molar-refractivity contribution in [2.45, 2.75) is 25.4 Å². The summed E-state index contributed by atoms with van der Waals surface area (Å²) in [5.41, 5.74) is 5.51. The minimum atomic E-state index is 0.280. The van der Waals surface area contributed by atoms with Gasteiger partial charge in [0.25, 0.3) is 0 Å². The number of anilines is 2. The minimum absolute atomic E-state index is 0.280. The van der Waals surface area contributed by atoms with E-state index in [-0.39, 0.29) is 5.95 Å². The lowest BCUT2D eigenvalue weighted by Crippen LogP contribution is -2.13. The normalized spacial score (nSPS) is 19.9. The van der Waals surface area contributed by atoms with E-state index in [1.54, 1.807) is 6.20 Å². The molecule has 0 spiro atoms. The van der Waals surface area contributed by atoms with Gasteiger partial charge in [0, 0.05) is 19.3 Å². The van der Waals surface area contributed by atoms with Gasteiger partial charge in [-0.3, -0.25) is 0 Å². The summed E-state index contributed by atoms with van der Waals surface area (Å²) in [6, 6.07) is 0. The average molecular weight is 287 g/mol. The first-order valence-corrected chi connectivity index (χ1v) is 6.18. The summed E-state index contributed by atoms with van der Waals surface area (Å²) in [7, 11) is 0. The monoisotopic (exact) mass is 286 g/mol. The number of rotatable bonds is 4. The Morgan fingerprint density at radius 3 is 3.25 bits per heavy atom. The maximum Gasteiger partial charge on any atom is 0.221 e. The predicted molar refractivity (Wildman–Crippen MR) is 66.2 cm³/mol. The van der Waals surface area contributed by atoms with Crippen LogP contribution in [0.2, 0.25) is 0 Å². The molecule has 2 heterocycles. The first-order chi connectivity index (χ1) is 7.75.